The SMILES string of the molecule is CCNC(=O)c1cccc(N=Cc2c(O)ccc3ccccc23)c1. The Morgan fingerprint density at radius 1 is 1.12 bits per heavy atom. The lowest BCUT2D eigenvalue weighted by molar-refractivity contribution is 0.0956. The topological polar surface area (TPSA) is 61.7 Å². The molecule has 0 aromatic heterocycles. The van der Waals surface area contributed by atoms with Crippen molar-refractivity contribution in [2.24, 2.45) is 4.99 Å². The Kier molecular flexibility index (Phi) is 4.57. The minimum Gasteiger partial charge on any atom is -0.507 e. The number of phenolic OH excluding ortho intramolecular Hbond substituents is 1. The number of aliphatic imine (C=N–C) groups is 1. The van der Waals surface area contributed by atoms with Gasteiger partial charge in [0.15, 0.2) is 0 Å². The molecule has 3 aromatic rings. The zero-order valence-corrected chi connectivity index (χ0v) is 13.4. The Labute approximate surface area is 140 Å². The van der Waals surface area contributed by atoms with E-state index in [1.54, 1.807) is 30.5 Å². The zero-order valence-electron chi connectivity index (χ0n) is 13.4. The summed E-state index contributed by atoms with van der Waals surface area (Å²) in [6, 6.07) is 18.4. The van der Waals surface area contributed by atoms with Crippen molar-refractivity contribution in [2.45, 2.75) is 6.92 Å². The fourth-order valence-corrected chi connectivity index (χ4v) is 2.55. The van der Waals surface area contributed by atoms with E-state index in [4.69, 9.17) is 0 Å². The van der Waals surface area contributed by atoms with Gasteiger partial charge in [0, 0.05) is 23.9 Å². The first kappa shape index (κ1) is 15.7. The van der Waals surface area contributed by atoms with E-state index in [-0.39, 0.29) is 11.7 Å². The maximum absolute atomic E-state index is 11.9. The number of nitrogens with one attached hydrogen (secondary N) is 1. The monoisotopic (exact) mass is 318 g/mol. The highest BCUT2D eigenvalue weighted by Crippen LogP contribution is 2.26. The van der Waals surface area contributed by atoms with Crippen molar-refractivity contribution >= 4 is 28.6 Å². The van der Waals surface area contributed by atoms with Gasteiger partial charge in [-0.3, -0.25) is 9.79 Å². The molecular weight excluding hydrogens is 300 g/mol. The summed E-state index contributed by atoms with van der Waals surface area (Å²) in [7, 11) is 0. The first-order chi connectivity index (χ1) is 11.7. The summed E-state index contributed by atoms with van der Waals surface area (Å²) in [5.41, 5.74) is 1.89. The van der Waals surface area contributed by atoms with E-state index in [0.29, 0.717) is 23.4 Å². The van der Waals surface area contributed by atoms with Crippen molar-refractivity contribution in [2.75, 3.05) is 6.54 Å². The molecule has 0 unspecified atom stereocenters. The highest BCUT2D eigenvalue weighted by Gasteiger charge is 2.06. The molecule has 1 amide bonds. The standard InChI is InChI=1S/C20H18N2O2/c1-2-21-20(24)15-7-5-8-16(12-15)22-13-18-17-9-4-3-6-14(17)10-11-19(18)23/h3-13,23H,2H2,1H3,(H,21,24). The summed E-state index contributed by atoms with van der Waals surface area (Å²) in [5.74, 6) is 0.0555. The second-order valence-electron chi connectivity index (χ2n) is 5.39. The number of phenols is 1. The van der Waals surface area contributed by atoms with E-state index in [1.165, 1.54) is 0 Å². The Bertz CT molecular complexity index is 916. The van der Waals surface area contributed by atoms with Crippen LogP contribution >= 0.6 is 0 Å². The van der Waals surface area contributed by atoms with Gasteiger partial charge in [-0.1, -0.05) is 36.4 Å². The molecule has 0 saturated heterocycles. The summed E-state index contributed by atoms with van der Waals surface area (Å²) >= 11 is 0. The predicted octanol–water partition coefficient (Wildman–Crippen LogP) is 4.05. The van der Waals surface area contributed by atoms with E-state index in [0.717, 1.165) is 10.8 Å². The minimum atomic E-state index is -0.123. The van der Waals surface area contributed by atoms with Crippen LogP contribution in [-0.2, 0) is 0 Å². The van der Waals surface area contributed by atoms with E-state index >= 15 is 0 Å². The third-order valence-corrected chi connectivity index (χ3v) is 3.74. The molecule has 4 nitrogen and oxygen atoms in total. The normalized spacial score (nSPS) is 11.0. The van der Waals surface area contributed by atoms with Crippen LogP contribution in [-0.4, -0.2) is 23.8 Å². The van der Waals surface area contributed by atoms with Crippen LogP contribution < -0.4 is 5.32 Å². The molecule has 0 aliphatic carbocycles. The van der Waals surface area contributed by atoms with Gasteiger partial charge in [0.05, 0.1) is 5.69 Å². The van der Waals surface area contributed by atoms with Crippen LogP contribution in [0.2, 0.25) is 0 Å². The number of carbonyl (C=O) groups excluding carboxylic acids is 1. The summed E-state index contributed by atoms with van der Waals surface area (Å²) in [6.45, 7) is 2.46. The van der Waals surface area contributed by atoms with Gasteiger partial charge in [0.25, 0.3) is 5.91 Å². The van der Waals surface area contributed by atoms with E-state index in [9.17, 15) is 9.90 Å². The van der Waals surface area contributed by atoms with Gasteiger partial charge in [0.1, 0.15) is 5.75 Å². The number of amides is 1. The molecule has 0 fully saturated rings. The number of rotatable bonds is 4. The molecule has 24 heavy (non-hydrogen) atoms. The molecule has 0 spiro atoms. The molecular formula is C20H18N2O2. The summed E-state index contributed by atoms with van der Waals surface area (Å²) in [6.07, 6.45) is 1.63. The van der Waals surface area contributed by atoms with Crippen molar-refractivity contribution in [3.8, 4) is 5.75 Å². The first-order valence-electron chi connectivity index (χ1n) is 7.82. The van der Waals surface area contributed by atoms with Crippen LogP contribution in [0.1, 0.15) is 22.8 Å². The summed E-state index contributed by atoms with van der Waals surface area (Å²) in [5, 5.41) is 14.9. The molecule has 0 bridgehead atoms. The second-order valence-corrected chi connectivity index (χ2v) is 5.39. The van der Waals surface area contributed by atoms with Gasteiger partial charge in [-0.25, -0.2) is 0 Å². The number of hydrogen-bond acceptors (Lipinski definition) is 3. The van der Waals surface area contributed by atoms with Crippen LogP contribution in [0.15, 0.2) is 65.7 Å². The van der Waals surface area contributed by atoms with Crippen LogP contribution in [0.4, 0.5) is 5.69 Å². The number of benzene rings is 3. The Morgan fingerprint density at radius 3 is 2.79 bits per heavy atom. The molecule has 0 radical (unpaired) electrons. The predicted molar refractivity (Wildman–Crippen MR) is 97.3 cm³/mol. The highest BCUT2D eigenvalue weighted by atomic mass is 16.3. The molecule has 0 aliphatic heterocycles. The van der Waals surface area contributed by atoms with Gasteiger partial charge in [-0.05, 0) is 42.0 Å². The number of fused-ring (bicyclic) bond motifs is 1. The van der Waals surface area contributed by atoms with E-state index in [1.807, 2.05) is 43.3 Å². The third kappa shape index (κ3) is 3.27. The molecule has 0 heterocycles. The fraction of sp³-hybridized carbons (Fsp3) is 0.100. The zero-order chi connectivity index (χ0) is 16.9. The average Bonchev–Trinajstić information content (AvgIpc) is 2.61. The second kappa shape index (κ2) is 6.96. The van der Waals surface area contributed by atoms with Gasteiger partial charge in [0.2, 0.25) is 0 Å². The number of nitrogens with zero attached hydrogens (tertiary/aromatic N) is 1. The molecule has 2 N–H and O–H groups in total. The molecule has 0 atom stereocenters. The third-order valence-electron chi connectivity index (χ3n) is 3.74. The lowest BCUT2D eigenvalue weighted by Gasteiger charge is -2.05. The van der Waals surface area contributed by atoms with Crippen LogP contribution in [0, 0.1) is 0 Å². The van der Waals surface area contributed by atoms with E-state index < -0.39 is 0 Å². The minimum absolute atomic E-state index is 0.123. The van der Waals surface area contributed by atoms with Crippen molar-refractivity contribution in [3.05, 3.63) is 71.8 Å². The molecule has 3 aromatic carbocycles. The van der Waals surface area contributed by atoms with Gasteiger partial charge < -0.3 is 10.4 Å². The number of carbonyl (C=O) groups is 1. The van der Waals surface area contributed by atoms with Crippen molar-refractivity contribution in [1.29, 1.82) is 0 Å². The smallest absolute Gasteiger partial charge is 0.251 e. The first-order valence-corrected chi connectivity index (χ1v) is 7.82. The van der Waals surface area contributed by atoms with Gasteiger partial charge >= 0.3 is 0 Å². The molecule has 120 valence electrons. The van der Waals surface area contributed by atoms with E-state index in [2.05, 4.69) is 10.3 Å². The van der Waals surface area contributed by atoms with Crippen molar-refractivity contribution in [3.63, 3.8) is 0 Å². The molecule has 0 saturated carbocycles. The maximum atomic E-state index is 11.9. The van der Waals surface area contributed by atoms with Gasteiger partial charge in [-0.2, -0.15) is 0 Å². The quantitative estimate of drug-likeness (QED) is 0.713. The molecule has 3 rings (SSSR count). The highest BCUT2D eigenvalue weighted by molar-refractivity contribution is 6.03. The van der Waals surface area contributed by atoms with Crippen molar-refractivity contribution < 1.29 is 9.90 Å². The lowest BCUT2D eigenvalue weighted by atomic mass is 10.0. The van der Waals surface area contributed by atoms with Gasteiger partial charge in [-0.15, -0.1) is 0 Å². The largest absolute Gasteiger partial charge is 0.507 e. The molecule has 0 aliphatic rings. The van der Waals surface area contributed by atoms with Crippen LogP contribution in [0.5, 0.6) is 5.75 Å². The number of hydrogen-bond donors (Lipinski definition) is 2. The van der Waals surface area contributed by atoms with Crippen LogP contribution in [0.3, 0.4) is 0 Å². The Morgan fingerprint density at radius 2 is 1.96 bits per heavy atom. The van der Waals surface area contributed by atoms with Crippen LogP contribution in [0.25, 0.3) is 10.8 Å². The maximum Gasteiger partial charge on any atom is 0.251 e. The molecule has 4 heteroatoms. The van der Waals surface area contributed by atoms with Crippen molar-refractivity contribution in [1.82, 2.24) is 5.32 Å². The average molecular weight is 318 g/mol. The Balaban J connectivity index is 1.96. The number of aromatic hydroxyl groups is 1. The summed E-state index contributed by atoms with van der Waals surface area (Å²) in [4.78, 5) is 16.3. The fourth-order valence-electron chi connectivity index (χ4n) is 2.55. The Hall–Kier alpha value is -3.14. The lowest BCUT2D eigenvalue weighted by Crippen LogP contribution is -2.22. The summed E-state index contributed by atoms with van der Waals surface area (Å²) < 4.78 is 0.